The molecule has 0 radical (unpaired) electrons. The molecule has 1 aromatic heterocycles. The van der Waals surface area contributed by atoms with Crippen molar-refractivity contribution in [1.82, 2.24) is 9.71 Å². The van der Waals surface area contributed by atoms with E-state index in [0.29, 0.717) is 0 Å². The maximum absolute atomic E-state index is 9.40. The molecule has 0 saturated heterocycles. The van der Waals surface area contributed by atoms with Crippen LogP contribution in [0, 0.1) is 13.8 Å². The zero-order valence-electron chi connectivity index (χ0n) is 7.26. The van der Waals surface area contributed by atoms with Crippen LogP contribution in [0.2, 0.25) is 0 Å². The number of imidazole rings is 1. The normalized spacial score (nSPS) is 10.5. The Kier molecular flexibility index (Phi) is 2.17. The first-order valence-corrected chi connectivity index (χ1v) is 3.91. The third-order valence-electron chi connectivity index (χ3n) is 1.86. The zero-order valence-corrected chi connectivity index (χ0v) is 7.26. The Balaban J connectivity index is 2.98. The van der Waals surface area contributed by atoms with Crippen molar-refractivity contribution in [1.29, 1.82) is 0 Å². The maximum Gasteiger partial charge on any atom is 0.145 e. The standard InChI is InChI=1S/C8H14N2O/c1-4-5-8-9-6(2)7(3)10(8)11/h11H,4-5H2,1-3H3. The summed E-state index contributed by atoms with van der Waals surface area (Å²) in [5.41, 5.74) is 1.75. The summed E-state index contributed by atoms with van der Waals surface area (Å²) in [7, 11) is 0. The lowest BCUT2D eigenvalue weighted by Gasteiger charge is -1.97. The van der Waals surface area contributed by atoms with E-state index in [1.807, 2.05) is 13.8 Å². The van der Waals surface area contributed by atoms with Gasteiger partial charge in [0.2, 0.25) is 0 Å². The Hall–Kier alpha value is -0.990. The minimum Gasteiger partial charge on any atom is -0.427 e. The lowest BCUT2D eigenvalue weighted by Crippen LogP contribution is -1.99. The Morgan fingerprint density at radius 1 is 1.45 bits per heavy atom. The molecular weight excluding hydrogens is 140 g/mol. The first-order chi connectivity index (χ1) is 5.16. The average molecular weight is 154 g/mol. The molecule has 0 aliphatic carbocycles. The van der Waals surface area contributed by atoms with Crippen LogP contribution in [0.15, 0.2) is 0 Å². The molecule has 1 heterocycles. The quantitative estimate of drug-likeness (QED) is 0.658. The van der Waals surface area contributed by atoms with Crippen molar-refractivity contribution in [2.75, 3.05) is 0 Å². The van der Waals surface area contributed by atoms with Gasteiger partial charge in [0.15, 0.2) is 0 Å². The Morgan fingerprint density at radius 2 is 2.09 bits per heavy atom. The van der Waals surface area contributed by atoms with E-state index in [9.17, 15) is 5.21 Å². The minimum atomic E-state index is 0.766. The number of aryl methyl sites for hydroxylation is 2. The molecule has 0 aliphatic rings. The van der Waals surface area contributed by atoms with Gasteiger partial charge in [-0.25, -0.2) is 4.98 Å². The van der Waals surface area contributed by atoms with Crippen LogP contribution in [0.5, 0.6) is 0 Å². The molecule has 0 aromatic carbocycles. The minimum absolute atomic E-state index is 0.766. The summed E-state index contributed by atoms with van der Waals surface area (Å²) in [6.45, 7) is 5.84. The third-order valence-corrected chi connectivity index (χ3v) is 1.86. The highest BCUT2D eigenvalue weighted by molar-refractivity contribution is 5.12. The molecule has 0 unspecified atom stereocenters. The summed E-state index contributed by atoms with van der Waals surface area (Å²) in [5.74, 6) is 0.766. The van der Waals surface area contributed by atoms with E-state index >= 15 is 0 Å². The number of aromatic nitrogens is 2. The highest BCUT2D eigenvalue weighted by atomic mass is 16.5. The zero-order chi connectivity index (χ0) is 8.43. The highest BCUT2D eigenvalue weighted by Crippen LogP contribution is 2.08. The number of rotatable bonds is 2. The summed E-state index contributed by atoms with van der Waals surface area (Å²) in [4.78, 5) is 4.21. The van der Waals surface area contributed by atoms with Gasteiger partial charge in [0, 0.05) is 6.42 Å². The van der Waals surface area contributed by atoms with Gasteiger partial charge in [0.1, 0.15) is 5.82 Å². The first-order valence-electron chi connectivity index (χ1n) is 3.91. The molecule has 0 bridgehead atoms. The van der Waals surface area contributed by atoms with Crippen molar-refractivity contribution < 1.29 is 5.21 Å². The Bertz CT molecular complexity index is 253. The summed E-state index contributed by atoms with van der Waals surface area (Å²) in [6.07, 6.45) is 1.85. The summed E-state index contributed by atoms with van der Waals surface area (Å²) < 4.78 is 1.18. The summed E-state index contributed by atoms with van der Waals surface area (Å²) in [5, 5.41) is 9.40. The van der Waals surface area contributed by atoms with Crippen molar-refractivity contribution in [2.24, 2.45) is 0 Å². The van der Waals surface area contributed by atoms with Crippen LogP contribution in [0.3, 0.4) is 0 Å². The van der Waals surface area contributed by atoms with Gasteiger partial charge < -0.3 is 5.21 Å². The molecule has 11 heavy (non-hydrogen) atoms. The lowest BCUT2D eigenvalue weighted by molar-refractivity contribution is 0.169. The molecule has 0 saturated carbocycles. The van der Waals surface area contributed by atoms with Crippen molar-refractivity contribution in [3.8, 4) is 0 Å². The topological polar surface area (TPSA) is 38.0 Å². The van der Waals surface area contributed by atoms with Crippen LogP contribution in [0.4, 0.5) is 0 Å². The van der Waals surface area contributed by atoms with E-state index in [-0.39, 0.29) is 0 Å². The maximum atomic E-state index is 9.40. The van der Waals surface area contributed by atoms with E-state index in [0.717, 1.165) is 30.1 Å². The number of hydrogen-bond acceptors (Lipinski definition) is 2. The van der Waals surface area contributed by atoms with E-state index < -0.39 is 0 Å². The Labute approximate surface area is 66.6 Å². The smallest absolute Gasteiger partial charge is 0.145 e. The fourth-order valence-electron chi connectivity index (χ4n) is 1.05. The molecule has 0 atom stereocenters. The fraction of sp³-hybridized carbons (Fsp3) is 0.625. The van der Waals surface area contributed by atoms with Gasteiger partial charge in [-0.05, 0) is 20.3 Å². The van der Waals surface area contributed by atoms with Gasteiger partial charge in [-0.3, -0.25) is 0 Å². The largest absolute Gasteiger partial charge is 0.427 e. The molecule has 1 rings (SSSR count). The first kappa shape index (κ1) is 8.11. The van der Waals surface area contributed by atoms with E-state index in [1.165, 1.54) is 4.73 Å². The van der Waals surface area contributed by atoms with Crippen molar-refractivity contribution in [3.63, 3.8) is 0 Å². The molecule has 0 aliphatic heterocycles. The van der Waals surface area contributed by atoms with Gasteiger partial charge in [0.25, 0.3) is 0 Å². The van der Waals surface area contributed by atoms with Crippen LogP contribution in [-0.2, 0) is 6.42 Å². The number of hydrogen-bond donors (Lipinski definition) is 1. The van der Waals surface area contributed by atoms with Crippen LogP contribution in [0.25, 0.3) is 0 Å². The molecular formula is C8H14N2O. The molecule has 3 heteroatoms. The van der Waals surface area contributed by atoms with Crippen LogP contribution >= 0.6 is 0 Å². The van der Waals surface area contributed by atoms with E-state index in [1.54, 1.807) is 0 Å². The average Bonchev–Trinajstić information content (AvgIpc) is 2.19. The molecule has 0 amide bonds. The van der Waals surface area contributed by atoms with Gasteiger partial charge in [-0.1, -0.05) is 6.92 Å². The van der Waals surface area contributed by atoms with E-state index in [2.05, 4.69) is 11.9 Å². The summed E-state index contributed by atoms with van der Waals surface area (Å²) >= 11 is 0. The summed E-state index contributed by atoms with van der Waals surface area (Å²) in [6, 6.07) is 0. The van der Waals surface area contributed by atoms with Crippen molar-refractivity contribution in [2.45, 2.75) is 33.6 Å². The van der Waals surface area contributed by atoms with Crippen LogP contribution in [-0.4, -0.2) is 14.9 Å². The SMILES string of the molecule is CCCc1nc(C)c(C)n1O. The molecule has 0 fully saturated rings. The third kappa shape index (κ3) is 1.37. The van der Waals surface area contributed by atoms with Gasteiger partial charge in [-0.15, -0.1) is 0 Å². The molecule has 3 nitrogen and oxygen atoms in total. The van der Waals surface area contributed by atoms with Crippen LogP contribution < -0.4 is 0 Å². The van der Waals surface area contributed by atoms with Gasteiger partial charge in [-0.2, -0.15) is 4.73 Å². The molecule has 1 aromatic rings. The molecule has 62 valence electrons. The monoisotopic (exact) mass is 154 g/mol. The predicted molar refractivity (Wildman–Crippen MR) is 42.9 cm³/mol. The van der Waals surface area contributed by atoms with Gasteiger partial charge >= 0.3 is 0 Å². The fourth-order valence-corrected chi connectivity index (χ4v) is 1.05. The van der Waals surface area contributed by atoms with E-state index in [4.69, 9.17) is 0 Å². The number of nitrogens with zero attached hydrogens (tertiary/aromatic N) is 2. The Morgan fingerprint density at radius 3 is 2.45 bits per heavy atom. The van der Waals surface area contributed by atoms with Gasteiger partial charge in [0.05, 0.1) is 11.4 Å². The van der Waals surface area contributed by atoms with Crippen LogP contribution in [0.1, 0.15) is 30.6 Å². The van der Waals surface area contributed by atoms with Crippen molar-refractivity contribution in [3.05, 3.63) is 17.2 Å². The van der Waals surface area contributed by atoms with Crippen molar-refractivity contribution >= 4 is 0 Å². The second-order valence-electron chi connectivity index (χ2n) is 2.76. The second-order valence-corrected chi connectivity index (χ2v) is 2.76. The predicted octanol–water partition coefficient (Wildman–Crippen LogP) is 1.69. The lowest BCUT2D eigenvalue weighted by atomic mass is 10.3. The second kappa shape index (κ2) is 2.95. The molecule has 1 N–H and O–H groups in total. The molecule has 0 spiro atoms. The highest BCUT2D eigenvalue weighted by Gasteiger charge is 2.07.